The van der Waals surface area contributed by atoms with Crippen LogP contribution >= 0.6 is 0 Å². The van der Waals surface area contributed by atoms with Gasteiger partial charge in [-0.05, 0) is 53.2 Å². The average molecular weight is 299 g/mol. The van der Waals surface area contributed by atoms with Crippen LogP contribution in [0, 0.1) is 0 Å². The molecule has 1 fully saturated rings. The van der Waals surface area contributed by atoms with Gasteiger partial charge in [-0.2, -0.15) is 0 Å². The molecule has 21 heavy (non-hydrogen) atoms. The van der Waals surface area contributed by atoms with Gasteiger partial charge in [0.1, 0.15) is 0 Å². The summed E-state index contributed by atoms with van der Waals surface area (Å²) in [6.45, 7) is 6.48. The molecule has 0 aromatic rings. The van der Waals surface area contributed by atoms with E-state index in [1.54, 1.807) is 4.90 Å². The van der Waals surface area contributed by atoms with Gasteiger partial charge in [0.2, 0.25) is 0 Å². The highest BCUT2D eigenvalue weighted by Gasteiger charge is 2.28. The Morgan fingerprint density at radius 1 is 1.29 bits per heavy atom. The Balaban J connectivity index is 2.56. The van der Waals surface area contributed by atoms with Gasteiger partial charge in [0.25, 0.3) is 0 Å². The van der Waals surface area contributed by atoms with Crippen LogP contribution in [-0.4, -0.2) is 77.6 Å². The fourth-order valence-corrected chi connectivity index (χ4v) is 2.72. The number of carboxylic acid groups (broad SMARTS) is 1. The standard InChI is InChI=1S/C15H29N3O3/c1-12(2)18(9-5-6-14(19)20)15(21)17(4)13-7-10-16(3)11-8-13/h12-13H,5-11H2,1-4H3,(H,19,20). The van der Waals surface area contributed by atoms with Gasteiger partial charge in [-0.3, -0.25) is 4.79 Å². The van der Waals surface area contributed by atoms with Crippen molar-refractivity contribution < 1.29 is 14.7 Å². The molecule has 2 amide bonds. The molecular weight excluding hydrogens is 270 g/mol. The summed E-state index contributed by atoms with van der Waals surface area (Å²) in [6, 6.07) is 0.388. The average Bonchev–Trinajstić information content (AvgIpc) is 2.42. The van der Waals surface area contributed by atoms with Gasteiger partial charge in [-0.15, -0.1) is 0 Å². The lowest BCUT2D eigenvalue weighted by Gasteiger charge is -2.39. The molecule has 0 bridgehead atoms. The maximum Gasteiger partial charge on any atom is 0.320 e. The van der Waals surface area contributed by atoms with Gasteiger partial charge in [-0.25, -0.2) is 4.79 Å². The minimum atomic E-state index is -0.810. The zero-order chi connectivity index (χ0) is 16.0. The van der Waals surface area contributed by atoms with Crippen molar-refractivity contribution in [1.82, 2.24) is 14.7 Å². The maximum absolute atomic E-state index is 12.6. The first-order chi connectivity index (χ1) is 9.82. The van der Waals surface area contributed by atoms with E-state index in [-0.39, 0.29) is 24.5 Å². The summed E-state index contributed by atoms with van der Waals surface area (Å²) in [4.78, 5) is 29.1. The third-order valence-electron chi connectivity index (χ3n) is 4.20. The highest BCUT2D eigenvalue weighted by atomic mass is 16.4. The van der Waals surface area contributed by atoms with E-state index < -0.39 is 5.97 Å². The quantitative estimate of drug-likeness (QED) is 0.811. The number of hydrogen-bond acceptors (Lipinski definition) is 3. The number of carboxylic acids is 1. The first kappa shape index (κ1) is 17.8. The van der Waals surface area contributed by atoms with Crippen LogP contribution in [0.1, 0.15) is 39.5 Å². The van der Waals surface area contributed by atoms with Gasteiger partial charge < -0.3 is 19.8 Å². The fourth-order valence-electron chi connectivity index (χ4n) is 2.72. The van der Waals surface area contributed by atoms with Crippen LogP contribution in [0.2, 0.25) is 0 Å². The lowest BCUT2D eigenvalue weighted by atomic mass is 10.0. The summed E-state index contributed by atoms with van der Waals surface area (Å²) in [5, 5.41) is 8.72. The van der Waals surface area contributed by atoms with E-state index in [4.69, 9.17) is 5.11 Å². The van der Waals surface area contributed by atoms with Crippen LogP contribution in [0.5, 0.6) is 0 Å². The summed E-state index contributed by atoms with van der Waals surface area (Å²) in [5.74, 6) is -0.810. The van der Waals surface area contributed by atoms with Crippen LogP contribution in [0.4, 0.5) is 4.79 Å². The van der Waals surface area contributed by atoms with E-state index >= 15 is 0 Å². The third kappa shape index (κ3) is 5.53. The van der Waals surface area contributed by atoms with Crippen molar-refractivity contribution in [3.8, 4) is 0 Å². The highest BCUT2D eigenvalue weighted by molar-refractivity contribution is 5.75. The van der Waals surface area contributed by atoms with E-state index in [9.17, 15) is 9.59 Å². The van der Waals surface area contributed by atoms with E-state index in [0.29, 0.717) is 13.0 Å². The predicted octanol–water partition coefficient (Wildman–Crippen LogP) is 1.71. The van der Waals surface area contributed by atoms with Crippen LogP contribution in [-0.2, 0) is 4.79 Å². The van der Waals surface area contributed by atoms with Crippen molar-refractivity contribution in [2.45, 2.75) is 51.6 Å². The Kier molecular flexibility index (Phi) is 6.95. The molecular formula is C15H29N3O3. The molecule has 0 atom stereocenters. The number of rotatable bonds is 6. The van der Waals surface area contributed by atoms with Crippen molar-refractivity contribution in [3.63, 3.8) is 0 Å². The molecule has 1 heterocycles. The number of carbonyl (C=O) groups is 2. The molecule has 1 rings (SSSR count). The minimum Gasteiger partial charge on any atom is -0.481 e. The molecule has 0 aliphatic carbocycles. The molecule has 0 unspecified atom stereocenters. The molecule has 0 aromatic carbocycles. The number of piperidine rings is 1. The topological polar surface area (TPSA) is 64.1 Å². The number of nitrogens with zero attached hydrogens (tertiary/aromatic N) is 3. The normalized spacial score (nSPS) is 17.0. The van der Waals surface area contributed by atoms with Gasteiger partial charge in [0, 0.05) is 32.1 Å². The summed E-state index contributed by atoms with van der Waals surface area (Å²) in [6.07, 6.45) is 2.61. The largest absolute Gasteiger partial charge is 0.481 e. The minimum absolute atomic E-state index is 0.0185. The molecule has 6 nitrogen and oxygen atoms in total. The van der Waals surface area contributed by atoms with Crippen molar-refractivity contribution in [3.05, 3.63) is 0 Å². The summed E-state index contributed by atoms with van der Waals surface area (Å²) in [7, 11) is 3.97. The van der Waals surface area contributed by atoms with Crippen molar-refractivity contribution in [1.29, 1.82) is 0 Å². The Hall–Kier alpha value is -1.30. The zero-order valence-electron chi connectivity index (χ0n) is 13.7. The summed E-state index contributed by atoms with van der Waals surface area (Å²) >= 11 is 0. The predicted molar refractivity (Wildman–Crippen MR) is 82.4 cm³/mol. The highest BCUT2D eigenvalue weighted by Crippen LogP contribution is 2.17. The number of amides is 2. The van der Waals surface area contributed by atoms with Gasteiger partial charge in [-0.1, -0.05) is 0 Å². The van der Waals surface area contributed by atoms with E-state index in [0.717, 1.165) is 25.9 Å². The van der Waals surface area contributed by atoms with Crippen molar-refractivity contribution in [2.24, 2.45) is 0 Å². The Morgan fingerprint density at radius 3 is 2.33 bits per heavy atom. The second-order valence-corrected chi connectivity index (χ2v) is 6.21. The third-order valence-corrected chi connectivity index (χ3v) is 4.20. The Bertz CT molecular complexity index is 352. The van der Waals surface area contributed by atoms with Gasteiger partial charge in [0.15, 0.2) is 0 Å². The lowest BCUT2D eigenvalue weighted by molar-refractivity contribution is -0.137. The molecule has 0 radical (unpaired) electrons. The van der Waals surface area contributed by atoms with Crippen molar-refractivity contribution >= 4 is 12.0 Å². The SMILES string of the molecule is CC(C)N(CCCC(=O)O)C(=O)N(C)C1CCN(C)CC1. The van der Waals surface area contributed by atoms with Gasteiger partial charge in [0.05, 0.1) is 0 Å². The van der Waals surface area contributed by atoms with Crippen LogP contribution in [0.15, 0.2) is 0 Å². The Morgan fingerprint density at radius 2 is 1.86 bits per heavy atom. The van der Waals surface area contributed by atoms with E-state index in [2.05, 4.69) is 11.9 Å². The number of hydrogen-bond donors (Lipinski definition) is 1. The van der Waals surface area contributed by atoms with Crippen LogP contribution in [0.3, 0.4) is 0 Å². The number of aliphatic carboxylic acids is 1. The van der Waals surface area contributed by atoms with Gasteiger partial charge >= 0.3 is 12.0 Å². The second-order valence-electron chi connectivity index (χ2n) is 6.21. The fraction of sp³-hybridized carbons (Fsp3) is 0.867. The first-order valence-corrected chi connectivity index (χ1v) is 7.76. The molecule has 0 aromatic heterocycles. The smallest absolute Gasteiger partial charge is 0.320 e. The molecule has 1 aliphatic rings. The molecule has 0 saturated carbocycles. The molecule has 122 valence electrons. The van der Waals surface area contributed by atoms with Crippen LogP contribution < -0.4 is 0 Å². The molecule has 1 saturated heterocycles. The number of likely N-dealkylation sites (tertiary alicyclic amines) is 1. The van der Waals surface area contributed by atoms with Crippen LogP contribution in [0.25, 0.3) is 0 Å². The second kappa shape index (κ2) is 8.22. The molecule has 1 N–H and O–H groups in total. The number of carbonyl (C=O) groups excluding carboxylic acids is 1. The maximum atomic E-state index is 12.6. The number of urea groups is 1. The molecule has 0 spiro atoms. The van der Waals surface area contributed by atoms with Crippen molar-refractivity contribution in [2.75, 3.05) is 33.7 Å². The monoisotopic (exact) mass is 299 g/mol. The first-order valence-electron chi connectivity index (χ1n) is 7.76. The Labute approximate surface area is 127 Å². The summed E-state index contributed by atoms with van der Waals surface area (Å²) < 4.78 is 0. The zero-order valence-corrected chi connectivity index (χ0v) is 13.7. The molecule has 1 aliphatic heterocycles. The van der Waals surface area contributed by atoms with E-state index in [1.807, 2.05) is 25.8 Å². The lowest BCUT2D eigenvalue weighted by Crippen LogP contribution is -2.51. The van der Waals surface area contributed by atoms with E-state index in [1.165, 1.54) is 0 Å². The summed E-state index contributed by atoms with van der Waals surface area (Å²) in [5.41, 5.74) is 0. The molecule has 6 heteroatoms.